The van der Waals surface area contributed by atoms with Crippen LogP contribution in [0, 0.1) is 23.7 Å². The Labute approximate surface area is 120 Å². The van der Waals surface area contributed by atoms with Crippen molar-refractivity contribution in [1.82, 2.24) is 0 Å². The first-order chi connectivity index (χ1) is 9.26. The predicted octanol–water partition coefficient (Wildman–Crippen LogP) is 5.14. The Morgan fingerprint density at radius 2 is 1.63 bits per heavy atom. The molecule has 1 nitrogen and oxygen atoms in total. The minimum Gasteiger partial charge on any atom is -0.327 e. The molecule has 0 aromatic carbocycles. The van der Waals surface area contributed by atoms with Gasteiger partial charge in [0.25, 0.3) is 0 Å². The van der Waals surface area contributed by atoms with E-state index in [1.165, 1.54) is 70.6 Å². The second kappa shape index (κ2) is 7.67. The molecule has 0 heterocycles. The molecule has 0 spiro atoms. The molecule has 1 heteroatoms. The quantitative estimate of drug-likeness (QED) is 0.732. The first kappa shape index (κ1) is 15.4. The first-order valence-electron chi connectivity index (χ1n) is 9.01. The maximum atomic E-state index is 6.28. The molecule has 112 valence electrons. The molecule has 2 rings (SSSR count). The summed E-state index contributed by atoms with van der Waals surface area (Å²) in [5.41, 5.74) is 6.28. The fourth-order valence-electron chi connectivity index (χ4n) is 4.31. The van der Waals surface area contributed by atoms with Crippen LogP contribution in [0.4, 0.5) is 0 Å². The average molecular weight is 265 g/mol. The van der Waals surface area contributed by atoms with Gasteiger partial charge in [-0.25, -0.2) is 0 Å². The lowest BCUT2D eigenvalue weighted by atomic mass is 9.85. The van der Waals surface area contributed by atoms with Gasteiger partial charge in [0.15, 0.2) is 0 Å². The molecule has 2 fully saturated rings. The second-order valence-electron chi connectivity index (χ2n) is 7.26. The van der Waals surface area contributed by atoms with Gasteiger partial charge in [-0.05, 0) is 36.5 Å². The fraction of sp³-hybridized carbons (Fsp3) is 1.00. The Kier molecular flexibility index (Phi) is 6.19. The zero-order valence-electron chi connectivity index (χ0n) is 13.2. The summed E-state index contributed by atoms with van der Waals surface area (Å²) < 4.78 is 0. The van der Waals surface area contributed by atoms with Crippen LogP contribution >= 0.6 is 0 Å². The van der Waals surface area contributed by atoms with Crippen LogP contribution < -0.4 is 5.73 Å². The van der Waals surface area contributed by atoms with Gasteiger partial charge in [0.1, 0.15) is 0 Å². The number of fused-ring (bicyclic) bond motifs is 1. The third-order valence-corrected chi connectivity index (χ3v) is 6.04. The third-order valence-electron chi connectivity index (χ3n) is 6.04. The van der Waals surface area contributed by atoms with E-state index in [9.17, 15) is 0 Å². The molecule has 0 aliphatic heterocycles. The van der Waals surface area contributed by atoms with E-state index in [0.717, 1.165) is 23.7 Å². The molecule has 0 radical (unpaired) electrons. The van der Waals surface area contributed by atoms with Crippen molar-refractivity contribution in [3.8, 4) is 0 Å². The van der Waals surface area contributed by atoms with Crippen molar-refractivity contribution in [3.63, 3.8) is 0 Å². The Morgan fingerprint density at radius 1 is 0.947 bits per heavy atom. The van der Waals surface area contributed by atoms with E-state index in [-0.39, 0.29) is 0 Å². The fourth-order valence-corrected chi connectivity index (χ4v) is 4.31. The summed E-state index contributed by atoms with van der Waals surface area (Å²) in [6.45, 7) is 4.71. The highest BCUT2D eigenvalue weighted by molar-refractivity contribution is 5.01. The molecule has 4 atom stereocenters. The maximum Gasteiger partial charge on any atom is 0.0102 e. The lowest BCUT2D eigenvalue weighted by Crippen LogP contribution is -2.09. The highest BCUT2D eigenvalue weighted by Gasteiger charge is 2.47. The minimum atomic E-state index is 0.564. The lowest BCUT2D eigenvalue weighted by Gasteiger charge is -2.21. The summed E-state index contributed by atoms with van der Waals surface area (Å²) in [5, 5.41) is 0. The molecule has 2 aliphatic carbocycles. The molecule has 0 aromatic heterocycles. The SMILES string of the molecule is CCC(CC)CCC1CCCCCCC2C(N)C2C1. The molecule has 0 saturated heterocycles. The zero-order valence-corrected chi connectivity index (χ0v) is 13.2. The van der Waals surface area contributed by atoms with Gasteiger partial charge in [-0.15, -0.1) is 0 Å². The normalized spacial score (nSPS) is 36.0. The van der Waals surface area contributed by atoms with Gasteiger partial charge in [0.05, 0.1) is 0 Å². The summed E-state index contributed by atoms with van der Waals surface area (Å²) in [6.07, 6.45) is 15.9. The number of rotatable bonds is 5. The van der Waals surface area contributed by atoms with Crippen molar-refractivity contribution in [2.75, 3.05) is 0 Å². The molecule has 4 unspecified atom stereocenters. The van der Waals surface area contributed by atoms with Gasteiger partial charge >= 0.3 is 0 Å². The largest absolute Gasteiger partial charge is 0.327 e. The number of nitrogens with two attached hydrogens (primary N) is 1. The van der Waals surface area contributed by atoms with Crippen LogP contribution in [0.15, 0.2) is 0 Å². The van der Waals surface area contributed by atoms with Gasteiger partial charge in [-0.2, -0.15) is 0 Å². The maximum absolute atomic E-state index is 6.28. The van der Waals surface area contributed by atoms with Crippen LogP contribution in [-0.2, 0) is 0 Å². The summed E-state index contributed by atoms with van der Waals surface area (Å²) in [4.78, 5) is 0. The molecule has 2 N–H and O–H groups in total. The van der Waals surface area contributed by atoms with Crippen molar-refractivity contribution in [1.29, 1.82) is 0 Å². The van der Waals surface area contributed by atoms with Gasteiger partial charge in [0, 0.05) is 6.04 Å². The van der Waals surface area contributed by atoms with Crippen molar-refractivity contribution in [2.24, 2.45) is 29.4 Å². The van der Waals surface area contributed by atoms with Crippen LogP contribution in [0.1, 0.15) is 84.5 Å². The zero-order chi connectivity index (χ0) is 13.7. The Balaban J connectivity index is 1.79. The van der Waals surface area contributed by atoms with Crippen molar-refractivity contribution >= 4 is 0 Å². The molecule has 0 aromatic rings. The monoisotopic (exact) mass is 265 g/mol. The van der Waals surface area contributed by atoms with E-state index in [1.54, 1.807) is 0 Å². The molecular weight excluding hydrogens is 230 g/mol. The predicted molar refractivity (Wildman–Crippen MR) is 84.1 cm³/mol. The van der Waals surface area contributed by atoms with Crippen LogP contribution in [-0.4, -0.2) is 6.04 Å². The van der Waals surface area contributed by atoms with Gasteiger partial charge in [-0.3, -0.25) is 0 Å². The van der Waals surface area contributed by atoms with E-state index in [4.69, 9.17) is 5.73 Å². The molecule has 19 heavy (non-hydrogen) atoms. The minimum absolute atomic E-state index is 0.564. The van der Waals surface area contributed by atoms with E-state index in [1.807, 2.05) is 0 Å². The average Bonchev–Trinajstić information content (AvgIpc) is 3.04. The van der Waals surface area contributed by atoms with Crippen molar-refractivity contribution < 1.29 is 0 Å². The summed E-state index contributed by atoms with van der Waals surface area (Å²) >= 11 is 0. The van der Waals surface area contributed by atoms with E-state index in [0.29, 0.717) is 6.04 Å². The summed E-state index contributed by atoms with van der Waals surface area (Å²) in [6, 6.07) is 0.564. The summed E-state index contributed by atoms with van der Waals surface area (Å²) in [7, 11) is 0. The van der Waals surface area contributed by atoms with Crippen molar-refractivity contribution in [3.05, 3.63) is 0 Å². The summed E-state index contributed by atoms with van der Waals surface area (Å²) in [5.74, 6) is 3.75. The van der Waals surface area contributed by atoms with Gasteiger partial charge in [-0.1, -0.05) is 71.6 Å². The topological polar surface area (TPSA) is 26.0 Å². The molecule has 0 amide bonds. The number of hydrogen-bond acceptors (Lipinski definition) is 1. The Bertz CT molecular complexity index is 246. The third kappa shape index (κ3) is 4.48. The van der Waals surface area contributed by atoms with E-state index < -0.39 is 0 Å². The van der Waals surface area contributed by atoms with Gasteiger partial charge < -0.3 is 5.73 Å². The molecule has 0 bridgehead atoms. The molecule has 2 aliphatic rings. The van der Waals surface area contributed by atoms with Crippen LogP contribution in [0.3, 0.4) is 0 Å². The molecule has 2 saturated carbocycles. The Morgan fingerprint density at radius 3 is 2.32 bits per heavy atom. The standard InChI is InChI=1S/C18H35N/c1-3-14(4-2)11-12-15-9-7-5-6-8-10-16-17(13-15)18(16)19/h14-18H,3-13,19H2,1-2H3. The lowest BCUT2D eigenvalue weighted by molar-refractivity contribution is 0.315. The van der Waals surface area contributed by atoms with Crippen LogP contribution in [0.25, 0.3) is 0 Å². The second-order valence-corrected chi connectivity index (χ2v) is 7.26. The molecular formula is C18H35N. The van der Waals surface area contributed by atoms with E-state index >= 15 is 0 Å². The smallest absolute Gasteiger partial charge is 0.0102 e. The van der Waals surface area contributed by atoms with E-state index in [2.05, 4.69) is 13.8 Å². The van der Waals surface area contributed by atoms with Crippen molar-refractivity contribution in [2.45, 2.75) is 90.5 Å². The van der Waals surface area contributed by atoms with Crippen LogP contribution in [0.5, 0.6) is 0 Å². The Hall–Kier alpha value is -0.0400. The van der Waals surface area contributed by atoms with Gasteiger partial charge in [0.2, 0.25) is 0 Å². The van der Waals surface area contributed by atoms with Crippen LogP contribution in [0.2, 0.25) is 0 Å². The first-order valence-corrected chi connectivity index (χ1v) is 9.01. The highest BCUT2D eigenvalue weighted by atomic mass is 14.8. The highest BCUT2D eigenvalue weighted by Crippen LogP contribution is 2.47. The number of hydrogen-bond donors (Lipinski definition) is 1.